The fraction of sp³-hybridized carbons (Fsp3) is 0.240. The van der Waals surface area contributed by atoms with Crippen molar-refractivity contribution < 1.29 is 14.0 Å². The maximum Gasteiger partial charge on any atom is 0.248 e. The highest BCUT2D eigenvalue weighted by Crippen LogP contribution is 2.22. The number of primary amides is 1. The van der Waals surface area contributed by atoms with Crippen molar-refractivity contribution in [2.45, 2.75) is 39.5 Å². The Kier molecular flexibility index (Phi) is 9.82. The molecule has 0 saturated heterocycles. The van der Waals surface area contributed by atoms with Crippen molar-refractivity contribution in [1.29, 1.82) is 0 Å². The third-order valence-electron chi connectivity index (χ3n) is 4.88. The summed E-state index contributed by atoms with van der Waals surface area (Å²) >= 11 is 6.14. The van der Waals surface area contributed by atoms with E-state index in [-0.39, 0.29) is 18.2 Å². The summed E-state index contributed by atoms with van der Waals surface area (Å²) in [5.74, 6) is -1.10. The van der Waals surface area contributed by atoms with Gasteiger partial charge in [-0.05, 0) is 50.1 Å². The molecule has 2 rings (SSSR count). The fourth-order valence-corrected chi connectivity index (χ4v) is 3.52. The van der Waals surface area contributed by atoms with Gasteiger partial charge in [0.25, 0.3) is 0 Å². The van der Waals surface area contributed by atoms with E-state index in [1.165, 1.54) is 13.0 Å². The quantitative estimate of drug-likeness (QED) is 0.378. The molecule has 2 amide bonds. The van der Waals surface area contributed by atoms with Crippen LogP contribution in [0.4, 0.5) is 4.39 Å². The zero-order valence-corrected chi connectivity index (χ0v) is 19.5. The van der Waals surface area contributed by atoms with Crippen molar-refractivity contribution in [3.63, 3.8) is 0 Å². The van der Waals surface area contributed by atoms with Crippen LogP contribution >= 0.6 is 11.6 Å². The summed E-state index contributed by atoms with van der Waals surface area (Å²) in [5, 5.41) is 11.2. The van der Waals surface area contributed by atoms with Crippen LogP contribution in [0.15, 0.2) is 77.3 Å². The molecule has 0 aliphatic carbocycles. The number of H-pyrrole nitrogens is 1. The molecular weight excluding hydrogens is 443 g/mol. The lowest BCUT2D eigenvalue weighted by atomic mass is 10.1. The molecule has 1 aromatic heterocycles. The first kappa shape index (κ1) is 25.8. The van der Waals surface area contributed by atoms with Gasteiger partial charge in [-0.1, -0.05) is 48.9 Å². The molecule has 0 aliphatic rings. The Morgan fingerprint density at radius 2 is 2.09 bits per heavy atom. The number of rotatable bonds is 11. The Bertz CT molecular complexity index is 1150. The summed E-state index contributed by atoms with van der Waals surface area (Å²) in [6, 6.07) is 5.04. The van der Waals surface area contributed by atoms with Gasteiger partial charge in [0, 0.05) is 40.2 Å². The van der Waals surface area contributed by atoms with E-state index in [1.807, 2.05) is 13.0 Å². The standard InChI is InChI=1S/C25H28ClFN4O2/c1-4-6-7-19(29-24(32)13-9-17(5-2)21(26)14-16(3)27)10-12-23-20-15-18(25(28)33)8-11-22(20)30-31-23/h4,6-8,10-11,14-15H,1,5,9,12-13H2,2-3H3,(H2,28,33)(H,29,32)(H,30,31)/b7-6-,16-14+,19-10+,21-17-. The highest BCUT2D eigenvalue weighted by atomic mass is 35.5. The number of amides is 2. The molecule has 4 N–H and O–H groups in total. The van der Waals surface area contributed by atoms with Crippen LogP contribution in [0.1, 0.15) is 49.2 Å². The van der Waals surface area contributed by atoms with Gasteiger partial charge in [0.15, 0.2) is 0 Å². The van der Waals surface area contributed by atoms with Gasteiger partial charge < -0.3 is 11.1 Å². The smallest absolute Gasteiger partial charge is 0.248 e. The second-order valence-corrected chi connectivity index (χ2v) is 7.75. The maximum atomic E-state index is 13.1. The first-order valence-electron chi connectivity index (χ1n) is 10.5. The van der Waals surface area contributed by atoms with E-state index in [1.54, 1.807) is 36.4 Å². The highest BCUT2D eigenvalue weighted by Gasteiger charge is 2.10. The monoisotopic (exact) mass is 470 g/mol. The largest absolute Gasteiger partial charge is 0.366 e. The molecule has 33 heavy (non-hydrogen) atoms. The topological polar surface area (TPSA) is 101 Å². The molecule has 0 radical (unpaired) electrons. The van der Waals surface area contributed by atoms with E-state index in [4.69, 9.17) is 17.3 Å². The molecular formula is C25H28ClFN4O2. The molecule has 0 spiro atoms. The van der Waals surface area contributed by atoms with Crippen LogP contribution in [0.5, 0.6) is 0 Å². The van der Waals surface area contributed by atoms with Gasteiger partial charge in [-0.3, -0.25) is 14.7 Å². The number of fused-ring (bicyclic) bond motifs is 1. The number of hydrogen-bond donors (Lipinski definition) is 3. The second-order valence-electron chi connectivity index (χ2n) is 7.34. The number of nitrogens with zero attached hydrogens (tertiary/aromatic N) is 1. The number of aromatic amines is 1. The van der Waals surface area contributed by atoms with Crippen LogP contribution < -0.4 is 11.1 Å². The molecule has 0 atom stereocenters. The summed E-state index contributed by atoms with van der Waals surface area (Å²) in [4.78, 5) is 24.0. The number of benzene rings is 1. The van der Waals surface area contributed by atoms with Gasteiger partial charge >= 0.3 is 0 Å². The molecule has 1 aromatic carbocycles. The first-order valence-corrected chi connectivity index (χ1v) is 10.9. The van der Waals surface area contributed by atoms with Crippen LogP contribution in [0.3, 0.4) is 0 Å². The highest BCUT2D eigenvalue weighted by molar-refractivity contribution is 6.31. The lowest BCUT2D eigenvalue weighted by Crippen LogP contribution is -2.21. The number of halogens is 2. The third-order valence-corrected chi connectivity index (χ3v) is 5.26. The zero-order chi connectivity index (χ0) is 24.4. The van der Waals surface area contributed by atoms with Crippen LogP contribution in [0.2, 0.25) is 0 Å². The molecule has 0 unspecified atom stereocenters. The van der Waals surface area contributed by atoms with Crippen LogP contribution in [0, 0.1) is 0 Å². The number of carbonyl (C=O) groups is 2. The van der Waals surface area contributed by atoms with Gasteiger partial charge in [-0.15, -0.1) is 0 Å². The van der Waals surface area contributed by atoms with E-state index in [9.17, 15) is 14.0 Å². The Balaban J connectivity index is 2.15. The van der Waals surface area contributed by atoms with E-state index < -0.39 is 5.91 Å². The summed E-state index contributed by atoms with van der Waals surface area (Å²) in [6.07, 6.45) is 9.82. The SMILES string of the molecule is C=C/C=C\C(=C/Cc1[nH]nc2ccc(C(N)=O)cc12)NC(=O)CC/C(CC)=C(Cl)/C=C(\C)F. The van der Waals surface area contributed by atoms with Crippen molar-refractivity contribution in [2.75, 3.05) is 0 Å². The molecule has 0 bridgehead atoms. The maximum absolute atomic E-state index is 13.1. The Morgan fingerprint density at radius 1 is 1.33 bits per heavy atom. The summed E-state index contributed by atoms with van der Waals surface area (Å²) in [6.45, 7) is 6.89. The predicted octanol–water partition coefficient (Wildman–Crippen LogP) is 5.50. The molecule has 174 valence electrons. The van der Waals surface area contributed by atoms with E-state index >= 15 is 0 Å². The molecule has 0 aliphatic heterocycles. The van der Waals surface area contributed by atoms with Gasteiger partial charge in [0.05, 0.1) is 11.3 Å². The Morgan fingerprint density at radius 3 is 2.73 bits per heavy atom. The van der Waals surface area contributed by atoms with Gasteiger partial charge in [-0.25, -0.2) is 4.39 Å². The van der Waals surface area contributed by atoms with Crippen molar-refractivity contribution in [2.24, 2.45) is 5.73 Å². The molecule has 2 aromatic rings. The van der Waals surface area contributed by atoms with Gasteiger partial charge in [-0.2, -0.15) is 5.10 Å². The van der Waals surface area contributed by atoms with Crippen LogP contribution in [-0.4, -0.2) is 22.0 Å². The average Bonchev–Trinajstić information content (AvgIpc) is 3.17. The molecule has 1 heterocycles. The zero-order valence-electron chi connectivity index (χ0n) is 18.8. The van der Waals surface area contributed by atoms with E-state index in [0.717, 1.165) is 16.7 Å². The van der Waals surface area contributed by atoms with E-state index in [0.29, 0.717) is 41.1 Å². The number of nitrogens with two attached hydrogens (primary N) is 1. The van der Waals surface area contributed by atoms with Crippen LogP contribution in [0.25, 0.3) is 10.9 Å². The summed E-state index contributed by atoms with van der Waals surface area (Å²) in [5.41, 5.74) is 8.66. The Labute approximate surface area is 197 Å². The Hall–Kier alpha value is -3.45. The lowest BCUT2D eigenvalue weighted by Gasteiger charge is -2.09. The number of allylic oxidation sites excluding steroid dienone is 8. The fourth-order valence-electron chi connectivity index (χ4n) is 3.15. The van der Waals surface area contributed by atoms with Crippen molar-refractivity contribution >= 4 is 34.3 Å². The van der Waals surface area contributed by atoms with Crippen LogP contribution in [-0.2, 0) is 11.2 Å². The minimum atomic E-state index is -0.515. The summed E-state index contributed by atoms with van der Waals surface area (Å²) in [7, 11) is 0. The first-order chi connectivity index (χ1) is 15.7. The molecule has 0 fully saturated rings. The molecule has 8 heteroatoms. The predicted molar refractivity (Wildman–Crippen MR) is 131 cm³/mol. The van der Waals surface area contributed by atoms with Gasteiger partial charge in [0.2, 0.25) is 11.8 Å². The normalized spacial score (nSPS) is 13.3. The molecule has 0 saturated carbocycles. The van der Waals surface area contributed by atoms with E-state index in [2.05, 4.69) is 22.1 Å². The second kappa shape index (κ2) is 12.6. The van der Waals surface area contributed by atoms with Crippen molar-refractivity contribution in [3.8, 4) is 0 Å². The molecule has 6 nitrogen and oxygen atoms in total. The average molecular weight is 471 g/mol. The number of carbonyl (C=O) groups excluding carboxylic acids is 2. The minimum absolute atomic E-state index is 0.197. The lowest BCUT2D eigenvalue weighted by molar-refractivity contribution is -0.120. The number of aromatic nitrogens is 2. The number of hydrogen-bond acceptors (Lipinski definition) is 3. The summed E-state index contributed by atoms with van der Waals surface area (Å²) < 4.78 is 13.1. The number of nitrogens with one attached hydrogen (secondary N) is 2. The van der Waals surface area contributed by atoms with Crippen molar-refractivity contribution in [1.82, 2.24) is 15.5 Å². The van der Waals surface area contributed by atoms with Gasteiger partial charge in [0.1, 0.15) is 0 Å². The van der Waals surface area contributed by atoms with Crippen molar-refractivity contribution in [3.05, 3.63) is 88.5 Å². The third kappa shape index (κ3) is 7.88. The minimum Gasteiger partial charge on any atom is -0.366 e.